The number of benzene rings is 4. The predicted molar refractivity (Wildman–Crippen MR) is 172 cm³/mol. The summed E-state index contributed by atoms with van der Waals surface area (Å²) >= 11 is 0. The van der Waals surface area contributed by atoms with Crippen molar-refractivity contribution in [2.45, 2.75) is 25.7 Å². The van der Waals surface area contributed by atoms with Crippen molar-refractivity contribution in [2.75, 3.05) is 44.6 Å². The van der Waals surface area contributed by atoms with E-state index in [0.717, 1.165) is 85.9 Å². The van der Waals surface area contributed by atoms with Gasteiger partial charge in [-0.3, -0.25) is 4.79 Å². The maximum atomic E-state index is 14.8. The molecule has 4 aromatic carbocycles. The molecule has 0 bridgehead atoms. The Labute approximate surface area is 245 Å². The van der Waals surface area contributed by atoms with Gasteiger partial charge in [-0.05, 0) is 98.5 Å². The number of nitrogens with one attached hydrogen (secondary N) is 4. The van der Waals surface area contributed by atoms with Crippen LogP contribution in [0.2, 0.25) is 0 Å². The number of halogens is 1. The van der Waals surface area contributed by atoms with Crippen molar-refractivity contribution in [1.29, 1.82) is 0 Å². The summed E-state index contributed by atoms with van der Waals surface area (Å²) in [5.41, 5.74) is 8.85. The van der Waals surface area contributed by atoms with Gasteiger partial charge in [0.1, 0.15) is 11.6 Å². The number of aromatic amines is 1. The highest BCUT2D eigenvalue weighted by atomic mass is 19.1. The van der Waals surface area contributed by atoms with E-state index in [2.05, 4.69) is 51.3 Å². The van der Waals surface area contributed by atoms with Crippen LogP contribution in [-0.2, 0) is 0 Å². The smallest absolute Gasteiger partial charge is 0.259 e. The maximum absolute atomic E-state index is 14.8. The van der Waals surface area contributed by atoms with E-state index in [1.807, 2.05) is 36.4 Å². The molecule has 0 radical (unpaired) electrons. The number of nitrogens with two attached hydrogens (primary N) is 1. The molecule has 0 spiro atoms. The zero-order chi connectivity index (χ0) is 29.1. The first-order chi connectivity index (χ1) is 20.6. The summed E-state index contributed by atoms with van der Waals surface area (Å²) in [4.78, 5) is 20.5. The highest BCUT2D eigenvalue weighted by Crippen LogP contribution is 2.31. The first kappa shape index (κ1) is 29.4. The fourth-order valence-corrected chi connectivity index (χ4v) is 5.16. The molecular formula is C34H39FN6O. The van der Waals surface area contributed by atoms with Gasteiger partial charge < -0.3 is 26.7 Å². The van der Waals surface area contributed by atoms with Crippen LogP contribution in [-0.4, -0.2) is 49.2 Å². The summed E-state index contributed by atoms with van der Waals surface area (Å²) < 4.78 is 14.8. The molecule has 0 aliphatic carbocycles. The Kier molecular flexibility index (Phi) is 10.3. The van der Waals surface area contributed by atoms with Gasteiger partial charge in [0, 0.05) is 12.1 Å². The number of unbranched alkanes of at least 4 members (excludes halogenated alkanes) is 1. The second-order valence-electron chi connectivity index (χ2n) is 10.5. The average Bonchev–Trinajstić information content (AvgIpc) is 3.02. The van der Waals surface area contributed by atoms with Crippen LogP contribution in [0.3, 0.4) is 0 Å². The highest BCUT2D eigenvalue weighted by molar-refractivity contribution is 5.97. The second kappa shape index (κ2) is 14.7. The largest absolute Gasteiger partial charge is 0.383 e. The van der Waals surface area contributed by atoms with Gasteiger partial charge in [0.15, 0.2) is 0 Å². The third-order valence-corrected chi connectivity index (χ3v) is 7.39. The van der Waals surface area contributed by atoms with Crippen LogP contribution in [0.5, 0.6) is 0 Å². The lowest BCUT2D eigenvalue weighted by molar-refractivity contribution is 0.571. The maximum Gasteiger partial charge on any atom is 0.259 e. The number of fused-ring (bicyclic) bond motifs is 2. The molecule has 1 heterocycles. The molecule has 42 heavy (non-hydrogen) atoms. The minimum atomic E-state index is -0.462. The van der Waals surface area contributed by atoms with E-state index in [0.29, 0.717) is 23.6 Å². The Hall–Kier alpha value is -4.11. The number of anilines is 1. The molecule has 0 saturated carbocycles. The Morgan fingerprint density at radius 1 is 0.738 bits per heavy atom. The van der Waals surface area contributed by atoms with E-state index < -0.39 is 5.82 Å². The molecule has 0 atom stereocenters. The zero-order valence-corrected chi connectivity index (χ0v) is 23.9. The normalized spacial score (nSPS) is 11.4. The van der Waals surface area contributed by atoms with Gasteiger partial charge in [0.25, 0.3) is 5.56 Å². The van der Waals surface area contributed by atoms with Gasteiger partial charge >= 0.3 is 0 Å². The number of H-pyrrole nitrogens is 1. The fraction of sp³-hybridized carbons (Fsp3) is 0.294. The minimum Gasteiger partial charge on any atom is -0.383 e. The van der Waals surface area contributed by atoms with Gasteiger partial charge in [0.05, 0.1) is 16.6 Å². The van der Waals surface area contributed by atoms with Crippen molar-refractivity contribution < 1.29 is 4.39 Å². The molecule has 6 N–H and O–H groups in total. The lowest BCUT2D eigenvalue weighted by atomic mass is 9.97. The van der Waals surface area contributed by atoms with Crippen molar-refractivity contribution in [3.63, 3.8) is 0 Å². The van der Waals surface area contributed by atoms with E-state index in [4.69, 9.17) is 10.7 Å². The monoisotopic (exact) mass is 566 g/mol. The summed E-state index contributed by atoms with van der Waals surface area (Å²) in [7, 11) is 0. The molecule has 218 valence electrons. The molecule has 5 aromatic rings. The van der Waals surface area contributed by atoms with Gasteiger partial charge in [-0.15, -0.1) is 0 Å². The summed E-state index contributed by atoms with van der Waals surface area (Å²) in [6.07, 6.45) is 4.09. The van der Waals surface area contributed by atoms with E-state index in [9.17, 15) is 9.18 Å². The fourth-order valence-electron chi connectivity index (χ4n) is 5.16. The van der Waals surface area contributed by atoms with Crippen LogP contribution in [0.1, 0.15) is 25.7 Å². The number of rotatable bonds is 15. The first-order valence-corrected chi connectivity index (χ1v) is 14.8. The molecule has 1 aromatic heterocycles. The Balaban J connectivity index is 1.23. The molecule has 7 nitrogen and oxygen atoms in total. The van der Waals surface area contributed by atoms with E-state index in [1.54, 1.807) is 6.07 Å². The van der Waals surface area contributed by atoms with E-state index in [1.165, 1.54) is 6.07 Å². The number of hydrogen-bond donors (Lipinski definition) is 5. The SMILES string of the molecule is NCCCNCCCCNCCCNc1cc2nc(-c3cccc(-c4cccc5ccccc45)c3)[nH]c(=O)c2cc1F. The van der Waals surface area contributed by atoms with Crippen LogP contribution in [0.25, 0.3) is 44.2 Å². The van der Waals surface area contributed by atoms with Crippen molar-refractivity contribution >= 4 is 27.4 Å². The molecule has 5 rings (SSSR count). The van der Waals surface area contributed by atoms with Crippen molar-refractivity contribution in [3.8, 4) is 22.5 Å². The summed E-state index contributed by atoms with van der Waals surface area (Å²) in [6.45, 7) is 5.13. The lowest BCUT2D eigenvalue weighted by Crippen LogP contribution is -2.22. The average molecular weight is 567 g/mol. The first-order valence-electron chi connectivity index (χ1n) is 14.8. The Bertz CT molecular complexity index is 1680. The Morgan fingerprint density at radius 3 is 2.29 bits per heavy atom. The van der Waals surface area contributed by atoms with Gasteiger partial charge in [-0.1, -0.05) is 60.7 Å². The quantitative estimate of drug-likeness (QED) is 0.105. The summed E-state index contributed by atoms with van der Waals surface area (Å²) in [5.74, 6) is -0.0125. The predicted octanol–water partition coefficient (Wildman–Crippen LogP) is 5.66. The Morgan fingerprint density at radius 2 is 1.45 bits per heavy atom. The van der Waals surface area contributed by atoms with Crippen LogP contribution in [0.15, 0.2) is 83.7 Å². The van der Waals surface area contributed by atoms with Crippen LogP contribution in [0, 0.1) is 5.82 Å². The van der Waals surface area contributed by atoms with Crippen LogP contribution in [0.4, 0.5) is 10.1 Å². The molecule has 0 fully saturated rings. The van der Waals surface area contributed by atoms with Gasteiger partial charge in [-0.2, -0.15) is 0 Å². The number of nitrogens with zero attached hydrogens (tertiary/aromatic N) is 1. The molecule has 0 unspecified atom stereocenters. The van der Waals surface area contributed by atoms with Crippen LogP contribution >= 0.6 is 0 Å². The topological polar surface area (TPSA) is 108 Å². The number of hydrogen-bond acceptors (Lipinski definition) is 6. The standard InChI is InChI=1S/C34H39FN6O/c35-30-22-29-31(23-32(30)39-20-8-19-38-17-4-3-16-37-18-7-15-36)40-33(41-34(29)42)26-12-5-11-25(21-26)28-14-6-10-24-9-1-2-13-27(24)28/h1-2,5-6,9-14,21-23,37-39H,3-4,7-8,15-20,36H2,(H,40,41,42). The van der Waals surface area contributed by atoms with Gasteiger partial charge in [0.2, 0.25) is 0 Å². The minimum absolute atomic E-state index is 0.228. The van der Waals surface area contributed by atoms with E-state index >= 15 is 0 Å². The van der Waals surface area contributed by atoms with Gasteiger partial charge in [-0.25, -0.2) is 9.37 Å². The third kappa shape index (κ3) is 7.39. The summed E-state index contributed by atoms with van der Waals surface area (Å²) in [6, 6.07) is 25.4. The second-order valence-corrected chi connectivity index (χ2v) is 10.5. The van der Waals surface area contributed by atoms with Crippen molar-refractivity contribution in [1.82, 2.24) is 20.6 Å². The molecule has 0 aliphatic rings. The zero-order valence-electron chi connectivity index (χ0n) is 23.9. The molecular weight excluding hydrogens is 527 g/mol. The summed E-state index contributed by atoms with van der Waals surface area (Å²) in [5, 5.41) is 12.5. The van der Waals surface area contributed by atoms with Crippen molar-refractivity contribution in [3.05, 3.63) is 95.0 Å². The van der Waals surface area contributed by atoms with E-state index in [-0.39, 0.29) is 10.9 Å². The van der Waals surface area contributed by atoms with Crippen LogP contribution < -0.4 is 27.2 Å². The van der Waals surface area contributed by atoms with Crippen molar-refractivity contribution in [2.24, 2.45) is 5.73 Å². The lowest BCUT2D eigenvalue weighted by Gasteiger charge is -2.11. The molecule has 0 saturated heterocycles. The molecule has 0 amide bonds. The molecule has 0 aliphatic heterocycles. The third-order valence-electron chi connectivity index (χ3n) is 7.39. The molecule has 8 heteroatoms. The highest BCUT2D eigenvalue weighted by Gasteiger charge is 2.12. The number of aromatic nitrogens is 2.